The normalized spacial score (nSPS) is 20.9. The molecular weight excluding hydrogens is 320 g/mol. The first kappa shape index (κ1) is 14.2. The molecule has 0 radical (unpaired) electrons. The first-order valence-corrected chi connectivity index (χ1v) is 8.15. The van der Waals surface area contributed by atoms with Gasteiger partial charge in [0.2, 0.25) is 0 Å². The number of halogens is 1. The molecule has 0 saturated heterocycles. The molecule has 0 amide bonds. The van der Waals surface area contributed by atoms with Gasteiger partial charge in [-0.15, -0.1) is 0 Å². The largest absolute Gasteiger partial charge is 0.493 e. The summed E-state index contributed by atoms with van der Waals surface area (Å²) < 4.78 is 12.7. The predicted molar refractivity (Wildman–Crippen MR) is 81.5 cm³/mol. The van der Waals surface area contributed by atoms with Crippen molar-refractivity contribution < 1.29 is 14.6 Å². The van der Waals surface area contributed by atoms with E-state index in [0.717, 1.165) is 47.2 Å². The highest BCUT2D eigenvalue weighted by Crippen LogP contribution is 2.45. The van der Waals surface area contributed by atoms with E-state index in [1.165, 1.54) is 12.8 Å². The van der Waals surface area contributed by atoms with Gasteiger partial charge in [-0.2, -0.15) is 0 Å². The van der Waals surface area contributed by atoms with Crippen molar-refractivity contribution in [2.24, 2.45) is 0 Å². The summed E-state index contributed by atoms with van der Waals surface area (Å²) in [6, 6.07) is 3.90. The molecule has 0 unspecified atom stereocenters. The van der Waals surface area contributed by atoms with Crippen LogP contribution in [-0.4, -0.2) is 23.9 Å². The molecule has 2 aliphatic rings. The van der Waals surface area contributed by atoms with Crippen LogP contribution in [0.4, 0.5) is 0 Å². The Labute approximate surface area is 128 Å². The van der Waals surface area contributed by atoms with E-state index >= 15 is 0 Å². The third kappa shape index (κ3) is 2.96. The van der Waals surface area contributed by atoms with E-state index < -0.39 is 5.60 Å². The zero-order valence-electron chi connectivity index (χ0n) is 11.8. The molecule has 2 aliphatic carbocycles. The topological polar surface area (TPSA) is 38.7 Å². The Hall–Kier alpha value is -0.740. The van der Waals surface area contributed by atoms with Gasteiger partial charge in [-0.25, -0.2) is 0 Å². The van der Waals surface area contributed by atoms with Crippen molar-refractivity contribution in [1.29, 1.82) is 0 Å². The number of rotatable bonds is 5. The first-order valence-electron chi connectivity index (χ1n) is 7.36. The molecule has 0 aromatic heterocycles. The molecule has 0 heterocycles. The van der Waals surface area contributed by atoms with Crippen molar-refractivity contribution >= 4 is 15.9 Å². The molecule has 2 saturated carbocycles. The maximum atomic E-state index is 10.2. The van der Waals surface area contributed by atoms with E-state index in [9.17, 15) is 5.11 Å². The van der Waals surface area contributed by atoms with Gasteiger partial charge in [0.1, 0.15) is 0 Å². The molecule has 110 valence electrons. The van der Waals surface area contributed by atoms with Gasteiger partial charge in [0.05, 0.1) is 18.8 Å². The van der Waals surface area contributed by atoms with Gasteiger partial charge in [-0.1, -0.05) is 15.9 Å². The Morgan fingerprint density at radius 1 is 1.30 bits per heavy atom. The molecule has 1 N–H and O–H groups in total. The minimum absolute atomic E-state index is 0.283. The Morgan fingerprint density at radius 3 is 2.60 bits per heavy atom. The van der Waals surface area contributed by atoms with E-state index in [1.807, 2.05) is 12.1 Å². The Bertz CT molecular complexity index is 491. The van der Waals surface area contributed by atoms with Crippen LogP contribution in [0.25, 0.3) is 0 Å². The molecule has 1 aromatic rings. The summed E-state index contributed by atoms with van der Waals surface area (Å²) in [4.78, 5) is 0. The lowest BCUT2D eigenvalue weighted by Crippen LogP contribution is -2.17. The Kier molecular flexibility index (Phi) is 3.95. The molecule has 3 nitrogen and oxygen atoms in total. The zero-order chi connectivity index (χ0) is 14.2. The van der Waals surface area contributed by atoms with Gasteiger partial charge >= 0.3 is 0 Å². The summed E-state index contributed by atoms with van der Waals surface area (Å²) in [6.45, 7) is 0. The van der Waals surface area contributed by atoms with Crippen LogP contribution >= 0.6 is 15.9 Å². The van der Waals surface area contributed by atoms with Crippen LogP contribution in [0.15, 0.2) is 16.6 Å². The van der Waals surface area contributed by atoms with Crippen molar-refractivity contribution in [2.45, 2.75) is 56.7 Å². The molecule has 4 heteroatoms. The number of hydrogen-bond acceptors (Lipinski definition) is 3. The van der Waals surface area contributed by atoms with E-state index in [-0.39, 0.29) is 6.10 Å². The SMILES string of the molecule is COc1ccc(Br)c(CC2(O)CC2)c1OC1CCCC1. The fourth-order valence-corrected chi connectivity index (χ4v) is 3.31. The van der Waals surface area contributed by atoms with Gasteiger partial charge in [0.25, 0.3) is 0 Å². The van der Waals surface area contributed by atoms with Crippen LogP contribution in [0, 0.1) is 0 Å². The second kappa shape index (κ2) is 5.57. The summed E-state index contributed by atoms with van der Waals surface area (Å²) in [5, 5.41) is 10.2. The molecule has 0 aliphatic heterocycles. The molecular formula is C16H21BrO3. The van der Waals surface area contributed by atoms with E-state index in [1.54, 1.807) is 7.11 Å². The van der Waals surface area contributed by atoms with Crippen LogP contribution < -0.4 is 9.47 Å². The predicted octanol–water partition coefficient (Wildman–Crippen LogP) is 3.85. The van der Waals surface area contributed by atoms with Gasteiger partial charge in [0, 0.05) is 16.5 Å². The van der Waals surface area contributed by atoms with Crippen molar-refractivity contribution in [3.63, 3.8) is 0 Å². The molecule has 0 spiro atoms. The second-order valence-corrected chi connectivity index (χ2v) is 6.84. The fraction of sp³-hybridized carbons (Fsp3) is 0.625. The molecule has 2 fully saturated rings. The van der Waals surface area contributed by atoms with Gasteiger partial charge < -0.3 is 14.6 Å². The van der Waals surface area contributed by atoms with Crippen molar-refractivity contribution in [2.75, 3.05) is 7.11 Å². The number of hydrogen-bond donors (Lipinski definition) is 1. The summed E-state index contributed by atoms with van der Waals surface area (Å²) in [7, 11) is 1.67. The minimum Gasteiger partial charge on any atom is -0.493 e. The third-order valence-corrected chi connectivity index (χ3v) is 5.05. The summed E-state index contributed by atoms with van der Waals surface area (Å²) >= 11 is 3.59. The number of benzene rings is 1. The van der Waals surface area contributed by atoms with Gasteiger partial charge in [-0.05, 0) is 50.7 Å². The third-order valence-electron chi connectivity index (χ3n) is 4.31. The molecule has 1 aromatic carbocycles. The smallest absolute Gasteiger partial charge is 0.165 e. The molecule has 3 rings (SSSR count). The van der Waals surface area contributed by atoms with Crippen molar-refractivity contribution in [3.05, 3.63) is 22.2 Å². The lowest BCUT2D eigenvalue weighted by molar-refractivity contribution is 0.146. The van der Waals surface area contributed by atoms with Crippen LogP contribution in [0.3, 0.4) is 0 Å². The summed E-state index contributed by atoms with van der Waals surface area (Å²) in [6.07, 6.45) is 7.36. The first-order chi connectivity index (χ1) is 9.61. The quantitative estimate of drug-likeness (QED) is 0.884. The number of methoxy groups -OCH3 is 1. The van der Waals surface area contributed by atoms with Crippen LogP contribution in [0.2, 0.25) is 0 Å². The standard InChI is InChI=1S/C16H21BrO3/c1-19-14-7-6-13(17)12(10-16(18)8-9-16)15(14)20-11-4-2-3-5-11/h6-7,11,18H,2-5,8-10H2,1H3. The van der Waals surface area contributed by atoms with E-state index in [0.29, 0.717) is 6.42 Å². The highest BCUT2D eigenvalue weighted by atomic mass is 79.9. The van der Waals surface area contributed by atoms with Gasteiger partial charge in [-0.3, -0.25) is 0 Å². The molecule has 0 atom stereocenters. The maximum absolute atomic E-state index is 10.2. The Morgan fingerprint density at radius 2 is 2.00 bits per heavy atom. The van der Waals surface area contributed by atoms with E-state index in [2.05, 4.69) is 15.9 Å². The monoisotopic (exact) mass is 340 g/mol. The average molecular weight is 341 g/mol. The molecule has 0 bridgehead atoms. The lowest BCUT2D eigenvalue weighted by Gasteiger charge is -2.21. The number of aliphatic hydroxyl groups is 1. The highest BCUT2D eigenvalue weighted by Gasteiger charge is 2.42. The summed E-state index contributed by atoms with van der Waals surface area (Å²) in [5.74, 6) is 1.58. The fourth-order valence-electron chi connectivity index (χ4n) is 2.86. The van der Waals surface area contributed by atoms with Gasteiger partial charge in [0.15, 0.2) is 11.5 Å². The van der Waals surface area contributed by atoms with Crippen LogP contribution in [0.1, 0.15) is 44.1 Å². The lowest BCUT2D eigenvalue weighted by atomic mass is 10.0. The van der Waals surface area contributed by atoms with E-state index in [4.69, 9.17) is 9.47 Å². The molecule has 20 heavy (non-hydrogen) atoms. The van der Waals surface area contributed by atoms with Crippen molar-refractivity contribution in [3.8, 4) is 11.5 Å². The zero-order valence-corrected chi connectivity index (χ0v) is 13.4. The Balaban J connectivity index is 1.91. The minimum atomic E-state index is -0.539. The highest BCUT2D eigenvalue weighted by molar-refractivity contribution is 9.10. The average Bonchev–Trinajstić information content (AvgIpc) is 2.95. The van der Waals surface area contributed by atoms with Crippen LogP contribution in [0.5, 0.6) is 11.5 Å². The number of ether oxygens (including phenoxy) is 2. The van der Waals surface area contributed by atoms with Crippen molar-refractivity contribution in [1.82, 2.24) is 0 Å². The summed E-state index contributed by atoms with van der Waals surface area (Å²) in [5.41, 5.74) is 0.499. The van der Waals surface area contributed by atoms with Crippen LogP contribution in [-0.2, 0) is 6.42 Å². The second-order valence-electron chi connectivity index (χ2n) is 5.98. The maximum Gasteiger partial charge on any atom is 0.165 e.